The number of hydrogen-bond donors (Lipinski definition) is 1. The third-order valence-corrected chi connectivity index (χ3v) is 3.81. The lowest BCUT2D eigenvalue weighted by Gasteiger charge is -2.31. The van der Waals surface area contributed by atoms with E-state index < -0.39 is 12.6 Å². The first-order valence-corrected chi connectivity index (χ1v) is 7.08. The van der Waals surface area contributed by atoms with E-state index in [0.717, 1.165) is 39.3 Å². The van der Waals surface area contributed by atoms with E-state index in [1.807, 2.05) is 14.0 Å². The smallest absolute Gasteiger partial charge is 0.314 e. The molecular formula is C13H26F3N3. The molecule has 1 fully saturated rings. The Hall–Kier alpha value is -0.330. The van der Waals surface area contributed by atoms with E-state index >= 15 is 0 Å². The van der Waals surface area contributed by atoms with Gasteiger partial charge < -0.3 is 10.2 Å². The van der Waals surface area contributed by atoms with Gasteiger partial charge in [0.05, 0.1) is 0 Å². The topological polar surface area (TPSA) is 18.5 Å². The van der Waals surface area contributed by atoms with Gasteiger partial charge in [0.1, 0.15) is 0 Å². The second-order valence-corrected chi connectivity index (χ2v) is 5.43. The van der Waals surface area contributed by atoms with Crippen molar-refractivity contribution in [3.05, 3.63) is 0 Å². The molecule has 3 nitrogen and oxygen atoms in total. The lowest BCUT2D eigenvalue weighted by molar-refractivity contribution is -0.136. The van der Waals surface area contributed by atoms with Crippen molar-refractivity contribution in [1.29, 1.82) is 0 Å². The first-order chi connectivity index (χ1) is 8.88. The van der Waals surface area contributed by atoms with E-state index in [4.69, 9.17) is 0 Å². The number of hydrogen-bond acceptors (Lipinski definition) is 3. The summed E-state index contributed by atoms with van der Waals surface area (Å²) < 4.78 is 36.2. The van der Waals surface area contributed by atoms with Crippen LogP contribution in [0.5, 0.6) is 0 Å². The molecule has 1 atom stereocenters. The van der Waals surface area contributed by atoms with Gasteiger partial charge in [-0.2, -0.15) is 13.2 Å². The SMILES string of the molecule is CC(CCCC(F)(F)F)N(C)CCN1CCNCC1. The molecule has 0 saturated carbocycles. The van der Waals surface area contributed by atoms with Crippen LogP contribution in [0.15, 0.2) is 0 Å². The molecule has 0 aliphatic carbocycles. The standard InChI is InChI=1S/C13H26F3N3/c1-12(4-3-5-13(14,15)16)18(2)10-11-19-8-6-17-7-9-19/h12,17H,3-11H2,1-2H3. The van der Waals surface area contributed by atoms with Crippen LogP contribution in [0.25, 0.3) is 0 Å². The van der Waals surface area contributed by atoms with Crippen LogP contribution >= 0.6 is 0 Å². The van der Waals surface area contributed by atoms with E-state index in [2.05, 4.69) is 15.1 Å². The van der Waals surface area contributed by atoms with Crippen LogP contribution in [0.4, 0.5) is 13.2 Å². The van der Waals surface area contributed by atoms with Crippen molar-refractivity contribution in [1.82, 2.24) is 15.1 Å². The molecular weight excluding hydrogens is 255 g/mol. The molecule has 1 rings (SSSR count). The molecule has 1 saturated heterocycles. The van der Waals surface area contributed by atoms with Gasteiger partial charge in [-0.25, -0.2) is 0 Å². The van der Waals surface area contributed by atoms with Crippen LogP contribution in [0.3, 0.4) is 0 Å². The molecule has 1 heterocycles. The first-order valence-electron chi connectivity index (χ1n) is 7.08. The van der Waals surface area contributed by atoms with Crippen LogP contribution < -0.4 is 5.32 Å². The van der Waals surface area contributed by atoms with Crippen LogP contribution in [0.1, 0.15) is 26.2 Å². The van der Waals surface area contributed by atoms with E-state index in [0.29, 0.717) is 6.42 Å². The maximum absolute atomic E-state index is 12.1. The van der Waals surface area contributed by atoms with Crippen molar-refractivity contribution < 1.29 is 13.2 Å². The predicted octanol–water partition coefficient (Wildman–Crippen LogP) is 1.94. The Labute approximate surface area is 114 Å². The summed E-state index contributed by atoms with van der Waals surface area (Å²) in [5.74, 6) is 0. The molecule has 1 aliphatic heterocycles. The Morgan fingerprint density at radius 2 is 1.89 bits per heavy atom. The van der Waals surface area contributed by atoms with Crippen molar-refractivity contribution in [2.75, 3.05) is 46.3 Å². The van der Waals surface area contributed by atoms with E-state index in [9.17, 15) is 13.2 Å². The molecule has 0 aromatic rings. The highest BCUT2D eigenvalue weighted by Gasteiger charge is 2.26. The molecule has 6 heteroatoms. The van der Waals surface area contributed by atoms with Gasteiger partial charge in [-0.1, -0.05) is 0 Å². The summed E-state index contributed by atoms with van der Waals surface area (Å²) in [6.45, 7) is 8.13. The third kappa shape index (κ3) is 7.74. The Balaban J connectivity index is 2.11. The lowest BCUT2D eigenvalue weighted by atomic mass is 10.1. The van der Waals surface area contributed by atoms with Gasteiger partial charge in [0.2, 0.25) is 0 Å². The summed E-state index contributed by atoms with van der Waals surface area (Å²) >= 11 is 0. The monoisotopic (exact) mass is 281 g/mol. The van der Waals surface area contributed by atoms with Crippen LogP contribution in [-0.2, 0) is 0 Å². The number of rotatable bonds is 7. The Bertz CT molecular complexity index is 240. The average molecular weight is 281 g/mol. The Morgan fingerprint density at radius 3 is 2.47 bits per heavy atom. The van der Waals surface area contributed by atoms with Crippen LogP contribution in [-0.4, -0.2) is 68.3 Å². The summed E-state index contributed by atoms with van der Waals surface area (Å²) in [7, 11) is 2.00. The minimum absolute atomic E-state index is 0.213. The first kappa shape index (κ1) is 16.7. The number of halogens is 3. The number of likely N-dealkylation sites (N-methyl/N-ethyl adjacent to an activating group) is 1. The average Bonchev–Trinajstić information content (AvgIpc) is 2.35. The largest absolute Gasteiger partial charge is 0.389 e. The zero-order valence-corrected chi connectivity index (χ0v) is 12.0. The Kier molecular flexibility index (Phi) is 7.10. The minimum atomic E-state index is -4.01. The quantitative estimate of drug-likeness (QED) is 0.769. The molecule has 0 amide bonds. The predicted molar refractivity (Wildman–Crippen MR) is 71.3 cm³/mol. The zero-order valence-electron chi connectivity index (χ0n) is 12.0. The number of piperazine rings is 1. The fourth-order valence-corrected chi connectivity index (χ4v) is 2.27. The van der Waals surface area contributed by atoms with E-state index in [1.54, 1.807) is 0 Å². The van der Waals surface area contributed by atoms with Crippen molar-refractivity contribution in [3.63, 3.8) is 0 Å². The highest BCUT2D eigenvalue weighted by atomic mass is 19.4. The lowest BCUT2D eigenvalue weighted by Crippen LogP contribution is -2.46. The number of nitrogens with zero attached hydrogens (tertiary/aromatic N) is 2. The van der Waals surface area contributed by atoms with Gasteiger partial charge in [-0.05, 0) is 26.8 Å². The maximum Gasteiger partial charge on any atom is 0.389 e. The number of nitrogens with one attached hydrogen (secondary N) is 1. The molecule has 1 unspecified atom stereocenters. The normalized spacial score (nSPS) is 19.9. The maximum atomic E-state index is 12.1. The summed E-state index contributed by atoms with van der Waals surface area (Å²) in [6, 6.07) is 0.213. The van der Waals surface area contributed by atoms with E-state index in [-0.39, 0.29) is 12.5 Å². The Morgan fingerprint density at radius 1 is 1.26 bits per heavy atom. The van der Waals surface area contributed by atoms with Crippen molar-refractivity contribution in [2.45, 2.75) is 38.4 Å². The molecule has 0 radical (unpaired) electrons. The van der Waals surface area contributed by atoms with Crippen molar-refractivity contribution in [3.8, 4) is 0 Å². The number of alkyl halides is 3. The summed E-state index contributed by atoms with van der Waals surface area (Å²) in [5, 5.41) is 3.31. The summed E-state index contributed by atoms with van der Waals surface area (Å²) in [5.41, 5.74) is 0. The van der Waals surface area contributed by atoms with Gasteiger partial charge in [0.15, 0.2) is 0 Å². The molecule has 0 spiro atoms. The molecule has 0 aromatic heterocycles. The second-order valence-electron chi connectivity index (χ2n) is 5.43. The fraction of sp³-hybridized carbons (Fsp3) is 1.00. The van der Waals surface area contributed by atoms with Gasteiger partial charge in [0.25, 0.3) is 0 Å². The van der Waals surface area contributed by atoms with E-state index in [1.165, 1.54) is 0 Å². The fourth-order valence-electron chi connectivity index (χ4n) is 2.27. The van der Waals surface area contributed by atoms with Gasteiger partial charge >= 0.3 is 6.18 Å². The van der Waals surface area contributed by atoms with Crippen LogP contribution in [0.2, 0.25) is 0 Å². The highest BCUT2D eigenvalue weighted by molar-refractivity contribution is 4.71. The highest BCUT2D eigenvalue weighted by Crippen LogP contribution is 2.23. The minimum Gasteiger partial charge on any atom is -0.314 e. The zero-order chi connectivity index (χ0) is 14.3. The van der Waals surface area contributed by atoms with Gasteiger partial charge in [-0.3, -0.25) is 4.90 Å². The van der Waals surface area contributed by atoms with Crippen molar-refractivity contribution >= 4 is 0 Å². The molecule has 19 heavy (non-hydrogen) atoms. The van der Waals surface area contributed by atoms with Crippen LogP contribution in [0, 0.1) is 0 Å². The summed E-state index contributed by atoms with van der Waals surface area (Å²) in [6.07, 6.45) is -3.84. The molecule has 1 N–H and O–H groups in total. The summed E-state index contributed by atoms with van der Waals surface area (Å²) in [4.78, 5) is 4.56. The van der Waals surface area contributed by atoms with Gasteiger partial charge in [-0.15, -0.1) is 0 Å². The third-order valence-electron chi connectivity index (χ3n) is 3.81. The molecule has 0 aromatic carbocycles. The molecule has 1 aliphatic rings. The molecule has 114 valence electrons. The van der Waals surface area contributed by atoms with Crippen molar-refractivity contribution in [2.24, 2.45) is 0 Å². The molecule has 0 bridgehead atoms. The van der Waals surface area contributed by atoms with Gasteiger partial charge in [0, 0.05) is 51.7 Å². The second kappa shape index (κ2) is 8.07.